The van der Waals surface area contributed by atoms with Crippen LogP contribution in [0.5, 0.6) is 0 Å². The standard InChI is InChI=1S/5NO3.H3N.Ti/c5*2-1(3)4;;/h;;;;;1H3;/q5*-1;;+4/p+1. The molecule has 0 saturated heterocycles. The summed E-state index contributed by atoms with van der Waals surface area (Å²) in [7, 11) is 0. The van der Waals surface area contributed by atoms with Crippen molar-refractivity contribution < 1.29 is 47.2 Å². The molecule has 0 spiro atoms. The van der Waals surface area contributed by atoms with Crippen LogP contribution in [0, 0.1) is 76.6 Å². The predicted octanol–water partition coefficient (Wildman–Crippen LogP) is -0.822. The van der Waals surface area contributed by atoms with Crippen molar-refractivity contribution >= 4 is 0 Å². The molecule has 4 N–H and O–H groups in total. The second-order valence-corrected chi connectivity index (χ2v) is 1.12. The Morgan fingerprint density at radius 3 is 0.364 bits per heavy atom. The Kier molecular flexibility index (Phi) is 70.1. The number of hydrogen-bond donors (Lipinski definition) is 1. The molecule has 0 aliphatic rings. The molecule has 0 aromatic carbocycles. The van der Waals surface area contributed by atoms with E-state index in [1.807, 2.05) is 0 Å². The quantitative estimate of drug-likeness (QED) is 0.306. The van der Waals surface area contributed by atoms with Crippen LogP contribution in [0.15, 0.2) is 0 Å². The molecule has 0 rings (SSSR count). The number of quaternary nitrogens is 1. The third-order valence-corrected chi connectivity index (χ3v) is 0. The molecule has 0 radical (unpaired) electrons. The van der Waals surface area contributed by atoms with E-state index in [9.17, 15) is 0 Å². The van der Waals surface area contributed by atoms with Gasteiger partial charge >= 0.3 is 21.7 Å². The van der Waals surface area contributed by atoms with Gasteiger partial charge in [0.1, 0.15) is 0 Å². The predicted molar refractivity (Wildman–Crippen MR) is 57.8 cm³/mol. The molecule has 21 nitrogen and oxygen atoms in total. The van der Waals surface area contributed by atoms with Crippen molar-refractivity contribution in [2.75, 3.05) is 0 Å². The molecule has 0 aromatic rings. The maximum atomic E-state index is 8.25. The van der Waals surface area contributed by atoms with Crippen LogP contribution in [0.4, 0.5) is 0 Å². The summed E-state index contributed by atoms with van der Waals surface area (Å²) in [5.41, 5.74) is 0. The van der Waals surface area contributed by atoms with Gasteiger partial charge in [0.05, 0.1) is 25.4 Å². The zero-order valence-corrected chi connectivity index (χ0v) is 11.4. The molecule has 0 aliphatic carbocycles. The summed E-state index contributed by atoms with van der Waals surface area (Å²) >= 11 is 0. The van der Waals surface area contributed by atoms with Crippen LogP contribution in [-0.2, 0) is 21.7 Å². The van der Waals surface area contributed by atoms with Gasteiger partial charge in [-0.2, -0.15) is 0 Å². The molecule has 128 valence electrons. The van der Waals surface area contributed by atoms with E-state index in [2.05, 4.69) is 0 Å². The largest absolute Gasteiger partial charge is 4.00 e. The van der Waals surface area contributed by atoms with E-state index in [1.54, 1.807) is 0 Å². The second-order valence-electron chi connectivity index (χ2n) is 1.12. The van der Waals surface area contributed by atoms with Crippen LogP contribution >= 0.6 is 0 Å². The smallest absolute Gasteiger partial charge is 0.369 e. The Bertz CT molecular complexity index is 209. The summed E-state index contributed by atoms with van der Waals surface area (Å²) in [4.78, 5) is 41.2. The van der Waals surface area contributed by atoms with Crippen LogP contribution in [0.3, 0.4) is 0 Å². The third-order valence-electron chi connectivity index (χ3n) is 0. The first-order valence-corrected chi connectivity index (χ1v) is 2.74. The zero-order chi connectivity index (χ0) is 17.9. The topological polar surface area (TPSA) is 367 Å². The summed E-state index contributed by atoms with van der Waals surface area (Å²) in [5, 5.41) is 73.8. The Morgan fingerprint density at radius 2 is 0.364 bits per heavy atom. The van der Waals surface area contributed by atoms with Crippen LogP contribution in [0.2, 0.25) is 0 Å². The first-order chi connectivity index (χ1) is 8.66. The van der Waals surface area contributed by atoms with Gasteiger partial charge in [-0.05, 0) is 0 Å². The van der Waals surface area contributed by atoms with Crippen molar-refractivity contribution in [2.24, 2.45) is 0 Å². The van der Waals surface area contributed by atoms with Gasteiger partial charge in [0.15, 0.2) is 0 Å². The van der Waals surface area contributed by atoms with E-state index >= 15 is 0 Å². The minimum atomic E-state index is -1.75. The summed E-state index contributed by atoms with van der Waals surface area (Å²) in [5.74, 6) is 0. The van der Waals surface area contributed by atoms with Crippen molar-refractivity contribution in [1.29, 1.82) is 0 Å². The molecule has 0 atom stereocenters. The second kappa shape index (κ2) is 36.1. The Labute approximate surface area is 131 Å². The summed E-state index contributed by atoms with van der Waals surface area (Å²) < 4.78 is 0. The Balaban J connectivity index is -0.0000000250. The van der Waals surface area contributed by atoms with Crippen molar-refractivity contribution in [3.8, 4) is 0 Å². The van der Waals surface area contributed by atoms with Gasteiger partial charge in [-0.25, -0.2) is 0 Å². The van der Waals surface area contributed by atoms with Crippen LogP contribution < -0.4 is 6.15 Å². The maximum absolute atomic E-state index is 8.25. The molecular weight excluding hydrogens is 372 g/mol. The van der Waals surface area contributed by atoms with Crippen molar-refractivity contribution in [1.82, 2.24) is 6.15 Å². The average Bonchev–Trinajstić information content (AvgIpc) is 1.94. The fourth-order valence-corrected chi connectivity index (χ4v) is 0. The van der Waals surface area contributed by atoms with Crippen molar-refractivity contribution in [3.63, 3.8) is 0 Å². The van der Waals surface area contributed by atoms with Gasteiger partial charge in [0.2, 0.25) is 0 Å². The van der Waals surface area contributed by atoms with E-state index in [1.165, 1.54) is 0 Å². The minimum absolute atomic E-state index is 0. The summed E-state index contributed by atoms with van der Waals surface area (Å²) in [6, 6.07) is 0. The van der Waals surface area contributed by atoms with E-state index in [-0.39, 0.29) is 27.9 Å². The van der Waals surface area contributed by atoms with Gasteiger partial charge in [-0.1, -0.05) is 0 Å². The summed E-state index contributed by atoms with van der Waals surface area (Å²) in [6.07, 6.45) is 0. The SMILES string of the molecule is O=[N+]([O-])[O-].O=[N+]([O-])[O-].O=[N+]([O-])[O-].O=[N+]([O-])[O-].O=[N+]([O-])[O-].[NH4+].[Ti+4]. The number of hydrogen-bond acceptors (Lipinski definition) is 15. The maximum Gasteiger partial charge on any atom is 4.00 e. The van der Waals surface area contributed by atoms with Gasteiger partial charge in [0.25, 0.3) is 0 Å². The van der Waals surface area contributed by atoms with Gasteiger partial charge < -0.3 is 82.8 Å². The van der Waals surface area contributed by atoms with Crippen LogP contribution in [-0.4, -0.2) is 25.4 Å². The minimum Gasteiger partial charge on any atom is -0.369 e. The van der Waals surface area contributed by atoms with Gasteiger partial charge in [-0.3, -0.25) is 0 Å². The third kappa shape index (κ3) is 370. The monoisotopic (exact) mass is 376 g/mol. The Hall–Kier alpha value is -3.33. The number of nitrogens with zero attached hydrogens (tertiary/aromatic N) is 5. The van der Waals surface area contributed by atoms with E-state index in [0.29, 0.717) is 0 Å². The van der Waals surface area contributed by atoms with Crippen molar-refractivity contribution in [3.05, 3.63) is 76.6 Å². The number of rotatable bonds is 0. The van der Waals surface area contributed by atoms with E-state index < -0.39 is 25.4 Å². The molecule has 0 saturated carbocycles. The molecule has 0 unspecified atom stereocenters. The first-order valence-electron chi connectivity index (χ1n) is 2.74. The normalized spacial score (nSPS) is 5.45. The molecule has 0 heterocycles. The van der Waals surface area contributed by atoms with E-state index in [4.69, 9.17) is 76.6 Å². The molecule has 0 bridgehead atoms. The average molecular weight is 376 g/mol. The fourth-order valence-electron chi connectivity index (χ4n) is 0. The summed E-state index contributed by atoms with van der Waals surface area (Å²) in [6.45, 7) is 0. The molecule has 0 aliphatic heterocycles. The van der Waals surface area contributed by atoms with Gasteiger partial charge in [0, 0.05) is 0 Å². The molecule has 0 aromatic heterocycles. The Morgan fingerprint density at radius 1 is 0.364 bits per heavy atom. The van der Waals surface area contributed by atoms with Gasteiger partial charge in [-0.15, -0.1) is 0 Å². The van der Waals surface area contributed by atoms with Crippen molar-refractivity contribution in [2.45, 2.75) is 0 Å². The first kappa shape index (κ1) is 42.8. The van der Waals surface area contributed by atoms with E-state index in [0.717, 1.165) is 0 Å². The molecule has 0 amide bonds. The molecule has 22 heteroatoms. The zero-order valence-electron chi connectivity index (χ0n) is 9.86. The van der Waals surface area contributed by atoms with Crippen LogP contribution in [0.25, 0.3) is 0 Å². The van der Waals surface area contributed by atoms with Crippen LogP contribution in [0.1, 0.15) is 0 Å². The molecular formula is H4N6O15Ti. The molecule has 0 fully saturated rings. The molecule has 22 heavy (non-hydrogen) atoms. The fraction of sp³-hybridized carbons (Fsp3) is 0.